The molecule has 0 fully saturated rings. The Morgan fingerprint density at radius 2 is 1.02 bits per heavy atom. The molecule has 8 aromatic rings. The topological polar surface area (TPSA) is 78.9 Å². The fourth-order valence-electron chi connectivity index (χ4n) is 8.07. The van der Waals surface area contributed by atoms with Crippen molar-refractivity contribution in [2.24, 2.45) is 8.73 Å². The number of benzene rings is 7. The van der Waals surface area contributed by atoms with Gasteiger partial charge in [0, 0.05) is 53.4 Å². The Kier molecular flexibility index (Phi) is 9.42. The van der Waals surface area contributed by atoms with Crippen molar-refractivity contribution < 1.29 is 4.63 Å². The molecule has 1 aromatic heterocycles. The Bertz CT molecular complexity index is 2760. The fraction of sp³-hybridized carbons (Fsp3) is 0.191. The van der Waals surface area contributed by atoms with E-state index in [4.69, 9.17) is 13.4 Å². The summed E-state index contributed by atoms with van der Waals surface area (Å²) in [4.78, 5) is 2.58. The zero-order valence-electron chi connectivity index (χ0n) is 31.3. The van der Waals surface area contributed by atoms with Crippen LogP contribution in [-0.4, -0.2) is 30.5 Å². The molecule has 0 radical (unpaired) electrons. The highest BCUT2D eigenvalue weighted by atomic mass is 32.1. The molecule has 0 aliphatic carbocycles. The second-order valence-corrected chi connectivity index (χ2v) is 14.7. The van der Waals surface area contributed by atoms with E-state index < -0.39 is 0 Å². The van der Waals surface area contributed by atoms with Crippen molar-refractivity contribution in [3.63, 3.8) is 0 Å². The van der Waals surface area contributed by atoms with Crippen LogP contribution in [0.4, 0.5) is 22.7 Å². The molecule has 7 aromatic carbocycles. The Labute approximate surface area is 324 Å². The van der Waals surface area contributed by atoms with E-state index in [2.05, 4.69) is 156 Å². The van der Waals surface area contributed by atoms with Crippen molar-refractivity contribution in [3.05, 3.63) is 121 Å². The number of nitrogens with zero attached hydrogens (tertiary/aromatic N) is 5. The number of hydrogen-bond acceptors (Lipinski definition) is 7. The summed E-state index contributed by atoms with van der Waals surface area (Å²) in [5, 5.41) is 17.2. The summed E-state index contributed by atoms with van der Waals surface area (Å²) < 4.78 is 15.1. The van der Waals surface area contributed by atoms with Gasteiger partial charge in [-0.15, -0.1) is 0 Å². The molecular weight excluding hydrogens is 697 g/mol. The summed E-state index contributed by atoms with van der Waals surface area (Å²) in [6.45, 7) is 6.69. The Balaban J connectivity index is 1.08. The van der Waals surface area contributed by atoms with Crippen LogP contribution < -0.4 is 10.2 Å². The van der Waals surface area contributed by atoms with Crippen molar-refractivity contribution in [3.8, 4) is 44.5 Å². The molecule has 272 valence electrons. The van der Waals surface area contributed by atoms with Gasteiger partial charge in [-0.3, -0.25) is 0 Å². The van der Waals surface area contributed by atoms with Crippen LogP contribution in [0.5, 0.6) is 0 Å². The number of unbranched alkanes of at least 4 members (excludes halogenated alkanes) is 2. The summed E-state index contributed by atoms with van der Waals surface area (Å²) >= 11 is 1.21. The van der Waals surface area contributed by atoms with E-state index in [0.717, 1.165) is 63.5 Å². The molecule has 2 heterocycles. The summed E-state index contributed by atoms with van der Waals surface area (Å²) in [5.74, 6) is 0. The molecule has 0 spiro atoms. The van der Waals surface area contributed by atoms with Crippen LogP contribution in [0.15, 0.2) is 135 Å². The van der Waals surface area contributed by atoms with Gasteiger partial charge in [-0.25, -0.2) is 4.63 Å². The second kappa shape index (κ2) is 15.0. The zero-order valence-corrected chi connectivity index (χ0v) is 32.2. The third kappa shape index (κ3) is 6.16. The molecule has 0 unspecified atom stereocenters. The van der Waals surface area contributed by atoms with Crippen LogP contribution >= 0.6 is 0 Å². The monoisotopic (exact) mass is 738 g/mol. The predicted octanol–water partition coefficient (Wildman–Crippen LogP) is 13.4. The van der Waals surface area contributed by atoms with Gasteiger partial charge in [0.2, 0.25) is 0 Å². The van der Waals surface area contributed by atoms with Gasteiger partial charge >= 0.3 is 0 Å². The second-order valence-electron chi connectivity index (χ2n) is 14.2. The summed E-state index contributed by atoms with van der Waals surface area (Å²) in [6.07, 6.45) is 4.75. The van der Waals surface area contributed by atoms with Crippen LogP contribution in [0.3, 0.4) is 0 Å². The molecule has 0 atom stereocenters. The van der Waals surface area contributed by atoms with E-state index in [-0.39, 0.29) is 0 Å². The van der Waals surface area contributed by atoms with Gasteiger partial charge in [-0.05, 0) is 79.4 Å². The van der Waals surface area contributed by atoms with Crippen LogP contribution in [0.25, 0.3) is 77.1 Å². The number of nitrogens with one attached hydrogen (secondary N) is 1. The predicted molar refractivity (Wildman–Crippen MR) is 232 cm³/mol. The third-order valence-electron chi connectivity index (χ3n) is 10.9. The van der Waals surface area contributed by atoms with Gasteiger partial charge in [0.15, 0.2) is 0 Å². The molecular formula is C47H42N6OS. The Morgan fingerprint density at radius 1 is 0.545 bits per heavy atom. The quantitative estimate of drug-likeness (QED) is 0.135. The number of rotatable bonds is 12. The normalized spacial score (nSPS) is 12.1. The first-order valence-electron chi connectivity index (χ1n) is 19.3. The molecule has 55 heavy (non-hydrogen) atoms. The smallest absolute Gasteiger partial charge is 0.146 e. The minimum Gasteiger partial charge on any atom is -0.388 e. The first-order valence-corrected chi connectivity index (χ1v) is 20.0. The van der Waals surface area contributed by atoms with E-state index in [1.807, 2.05) is 7.05 Å². The maximum Gasteiger partial charge on any atom is 0.146 e. The molecule has 0 saturated carbocycles. The summed E-state index contributed by atoms with van der Waals surface area (Å²) in [6, 6.07) is 43.6. The molecule has 0 saturated heterocycles. The lowest BCUT2D eigenvalue weighted by molar-refractivity contribution is 0.315. The van der Waals surface area contributed by atoms with E-state index >= 15 is 0 Å². The maximum atomic E-state index is 5.45. The van der Waals surface area contributed by atoms with Crippen molar-refractivity contribution in [2.75, 3.05) is 30.4 Å². The minimum atomic E-state index is 0.674. The first-order chi connectivity index (χ1) is 27.2. The SMILES string of the molecule is CCCCN(CCCC)c1ccc(-c2ccc(-c3c4c(c(-c5ccc(-c6ccc(NC)c7ccccc67)cc5)c5nonc35)N=S=N4)cc2)c2ccccc12. The van der Waals surface area contributed by atoms with Crippen LogP contribution in [0.2, 0.25) is 0 Å². The van der Waals surface area contributed by atoms with Gasteiger partial charge in [0.1, 0.15) is 22.4 Å². The molecule has 8 heteroatoms. The van der Waals surface area contributed by atoms with Gasteiger partial charge in [0.05, 0.1) is 11.4 Å². The Morgan fingerprint density at radius 3 is 1.55 bits per heavy atom. The van der Waals surface area contributed by atoms with E-state index in [0.29, 0.717) is 11.0 Å². The van der Waals surface area contributed by atoms with E-state index in [9.17, 15) is 0 Å². The Hall–Kier alpha value is -6.12. The lowest BCUT2D eigenvalue weighted by atomic mass is 9.91. The minimum absolute atomic E-state index is 0.674. The number of anilines is 2. The standard InChI is InChI=1S/C47H42N6OS/c1-4-6-28-53(29-7-5-2)41-27-25-35(37-13-9-11-15-39(37)41)31-18-22-33(23-19-31)43-45-44(49-54-50-45)42(46-47(43)52-55-51-46)32-20-16-30(17-21-32)34-24-26-40(48-3)38-14-10-8-12-36(34)38/h8-27,48H,4-7,28-29H2,1-3H3. The van der Waals surface area contributed by atoms with Crippen LogP contribution in [0.1, 0.15) is 39.5 Å². The molecule has 1 aliphatic heterocycles. The summed E-state index contributed by atoms with van der Waals surface area (Å²) in [7, 11) is 1.96. The van der Waals surface area contributed by atoms with Crippen LogP contribution in [0, 0.1) is 0 Å². The van der Waals surface area contributed by atoms with Crippen molar-refractivity contribution in [1.82, 2.24) is 10.3 Å². The highest BCUT2D eigenvalue weighted by Crippen LogP contribution is 2.52. The third-order valence-corrected chi connectivity index (χ3v) is 11.4. The van der Waals surface area contributed by atoms with Gasteiger partial charge in [0.25, 0.3) is 0 Å². The molecule has 0 bridgehead atoms. The summed E-state index contributed by atoms with van der Waals surface area (Å²) in [5.41, 5.74) is 13.8. The molecule has 9 rings (SSSR count). The number of hydrogen-bond donors (Lipinski definition) is 1. The van der Waals surface area contributed by atoms with Gasteiger partial charge in [-0.2, -0.15) is 8.73 Å². The average molecular weight is 739 g/mol. The van der Waals surface area contributed by atoms with E-state index in [1.165, 1.54) is 75.4 Å². The fourth-order valence-corrected chi connectivity index (χ4v) is 8.63. The average Bonchev–Trinajstić information content (AvgIpc) is 3.93. The maximum absolute atomic E-state index is 5.45. The van der Waals surface area contributed by atoms with Crippen molar-refractivity contribution >= 4 is 66.7 Å². The number of aromatic nitrogens is 2. The molecule has 1 aliphatic rings. The molecule has 7 nitrogen and oxygen atoms in total. The van der Waals surface area contributed by atoms with Crippen molar-refractivity contribution in [2.45, 2.75) is 39.5 Å². The highest BCUT2D eigenvalue weighted by Gasteiger charge is 2.27. The number of fused-ring (bicyclic) bond motifs is 4. The molecule has 1 N–H and O–H groups in total. The highest BCUT2D eigenvalue weighted by molar-refractivity contribution is 7.58. The van der Waals surface area contributed by atoms with Gasteiger partial charge in [-0.1, -0.05) is 136 Å². The lowest BCUT2D eigenvalue weighted by Crippen LogP contribution is -2.25. The van der Waals surface area contributed by atoms with Gasteiger partial charge < -0.3 is 10.2 Å². The molecule has 0 amide bonds. The zero-order chi connectivity index (χ0) is 37.3. The largest absolute Gasteiger partial charge is 0.388 e. The lowest BCUT2D eigenvalue weighted by Gasteiger charge is -2.27. The first kappa shape index (κ1) is 34.6. The van der Waals surface area contributed by atoms with E-state index in [1.54, 1.807) is 0 Å². The van der Waals surface area contributed by atoms with Crippen LogP contribution in [-0.2, 0) is 11.4 Å². The van der Waals surface area contributed by atoms with Crippen molar-refractivity contribution in [1.29, 1.82) is 0 Å².